The van der Waals surface area contributed by atoms with Crippen molar-refractivity contribution in [1.29, 1.82) is 0 Å². The summed E-state index contributed by atoms with van der Waals surface area (Å²) in [5.41, 5.74) is 1.30. The van der Waals surface area contributed by atoms with Crippen LogP contribution in [-0.2, 0) is 16.9 Å². The number of ether oxygens (including phenoxy) is 2. The highest BCUT2D eigenvalue weighted by Crippen LogP contribution is 2.38. The van der Waals surface area contributed by atoms with E-state index in [-0.39, 0.29) is 25.2 Å². The number of hydrogen-bond donors (Lipinski definition) is 2. The minimum absolute atomic E-state index is 0.0887. The average Bonchev–Trinajstić information content (AvgIpc) is 3.38. The third-order valence-electron chi connectivity index (χ3n) is 5.81. The molecule has 0 radical (unpaired) electrons. The Bertz CT molecular complexity index is 1240. The maximum absolute atomic E-state index is 13.2. The second kappa shape index (κ2) is 7.98. The van der Waals surface area contributed by atoms with E-state index in [0.717, 1.165) is 5.56 Å². The van der Waals surface area contributed by atoms with Crippen LogP contribution >= 0.6 is 0 Å². The molecule has 0 unspecified atom stereocenters. The van der Waals surface area contributed by atoms with Crippen molar-refractivity contribution in [2.75, 3.05) is 12.1 Å². The molecule has 1 saturated heterocycles. The Hall–Kier alpha value is -4.33. The smallest absolute Gasteiger partial charge is 0.325 e. The number of nitrogens with zero attached hydrogens (tertiary/aromatic N) is 1. The number of imide groups is 1. The number of rotatable bonds is 5. The van der Waals surface area contributed by atoms with Crippen LogP contribution in [0.5, 0.6) is 11.5 Å². The Balaban J connectivity index is 1.30. The number of amides is 4. The Morgan fingerprint density at radius 3 is 2.48 bits per heavy atom. The van der Waals surface area contributed by atoms with Gasteiger partial charge in [0, 0.05) is 11.3 Å². The average molecular weight is 443 g/mol. The van der Waals surface area contributed by atoms with Gasteiger partial charge < -0.3 is 20.1 Å². The van der Waals surface area contributed by atoms with Crippen molar-refractivity contribution in [3.63, 3.8) is 0 Å². The van der Waals surface area contributed by atoms with Crippen molar-refractivity contribution in [2.45, 2.75) is 19.0 Å². The second-order valence-electron chi connectivity index (χ2n) is 8.03. The molecule has 8 heteroatoms. The number of urea groups is 1. The third-order valence-corrected chi connectivity index (χ3v) is 5.81. The van der Waals surface area contributed by atoms with E-state index in [1.807, 2.05) is 18.2 Å². The van der Waals surface area contributed by atoms with Crippen molar-refractivity contribution in [3.8, 4) is 11.5 Å². The van der Waals surface area contributed by atoms with E-state index < -0.39 is 11.6 Å². The fourth-order valence-electron chi connectivity index (χ4n) is 3.91. The summed E-state index contributed by atoms with van der Waals surface area (Å²) in [4.78, 5) is 39.5. The molecule has 4 amide bonds. The van der Waals surface area contributed by atoms with E-state index in [0.29, 0.717) is 28.3 Å². The summed E-state index contributed by atoms with van der Waals surface area (Å²) in [6, 6.07) is 20.7. The maximum atomic E-state index is 13.2. The number of anilines is 1. The van der Waals surface area contributed by atoms with E-state index in [2.05, 4.69) is 10.6 Å². The molecule has 33 heavy (non-hydrogen) atoms. The van der Waals surface area contributed by atoms with Crippen LogP contribution < -0.4 is 20.1 Å². The molecule has 0 aliphatic carbocycles. The van der Waals surface area contributed by atoms with Crippen LogP contribution in [0.1, 0.15) is 28.4 Å². The molecule has 8 nitrogen and oxygen atoms in total. The molecule has 0 bridgehead atoms. The lowest BCUT2D eigenvalue weighted by atomic mass is 9.91. The molecule has 5 rings (SSSR count). The molecular formula is C25H21N3O5. The first-order chi connectivity index (χ1) is 15.9. The number of nitrogens with one attached hydrogen (secondary N) is 2. The molecular weight excluding hydrogens is 422 g/mol. The topological polar surface area (TPSA) is 97.0 Å². The van der Waals surface area contributed by atoms with Crippen molar-refractivity contribution < 1.29 is 23.9 Å². The zero-order valence-corrected chi connectivity index (χ0v) is 17.8. The number of benzene rings is 3. The van der Waals surface area contributed by atoms with Gasteiger partial charge in [-0.3, -0.25) is 14.5 Å². The van der Waals surface area contributed by atoms with E-state index in [4.69, 9.17) is 9.47 Å². The van der Waals surface area contributed by atoms with Crippen molar-refractivity contribution >= 4 is 23.5 Å². The minimum Gasteiger partial charge on any atom is -0.454 e. The fraction of sp³-hybridized carbons (Fsp3) is 0.160. The van der Waals surface area contributed by atoms with Gasteiger partial charge in [0.2, 0.25) is 6.79 Å². The molecule has 1 fully saturated rings. The first-order valence-electron chi connectivity index (χ1n) is 10.4. The largest absolute Gasteiger partial charge is 0.454 e. The Morgan fingerprint density at radius 2 is 1.73 bits per heavy atom. The summed E-state index contributed by atoms with van der Waals surface area (Å²) in [5.74, 6) is 0.543. The van der Waals surface area contributed by atoms with Crippen molar-refractivity contribution in [3.05, 3.63) is 89.5 Å². The Morgan fingerprint density at radius 1 is 1.00 bits per heavy atom. The Kier molecular flexibility index (Phi) is 4.97. The Labute approximate surface area is 190 Å². The lowest BCUT2D eigenvalue weighted by Crippen LogP contribution is -2.40. The molecule has 2 N–H and O–H groups in total. The van der Waals surface area contributed by atoms with Crippen LogP contribution in [0.15, 0.2) is 72.8 Å². The van der Waals surface area contributed by atoms with Crippen LogP contribution in [0.25, 0.3) is 0 Å². The molecule has 166 valence electrons. The zero-order chi connectivity index (χ0) is 23.0. The van der Waals surface area contributed by atoms with E-state index in [9.17, 15) is 14.4 Å². The van der Waals surface area contributed by atoms with Crippen LogP contribution in [-0.4, -0.2) is 29.5 Å². The zero-order valence-electron chi connectivity index (χ0n) is 17.8. The molecule has 0 aromatic heterocycles. The predicted octanol–water partition coefficient (Wildman–Crippen LogP) is 3.63. The van der Waals surface area contributed by atoms with E-state index in [1.165, 1.54) is 4.90 Å². The number of fused-ring (bicyclic) bond motifs is 1. The maximum Gasteiger partial charge on any atom is 0.325 e. The van der Waals surface area contributed by atoms with Gasteiger partial charge in [-0.2, -0.15) is 0 Å². The highest BCUT2D eigenvalue weighted by atomic mass is 16.7. The lowest BCUT2D eigenvalue weighted by molar-refractivity contribution is -0.131. The molecule has 1 atom stereocenters. The fourth-order valence-corrected chi connectivity index (χ4v) is 3.91. The highest BCUT2D eigenvalue weighted by Gasteiger charge is 2.49. The summed E-state index contributed by atoms with van der Waals surface area (Å²) >= 11 is 0. The number of carbonyl (C=O) groups is 3. The quantitative estimate of drug-likeness (QED) is 0.587. The first kappa shape index (κ1) is 20.6. The highest BCUT2D eigenvalue weighted by molar-refractivity contribution is 6.07. The summed E-state index contributed by atoms with van der Waals surface area (Å²) in [6.45, 7) is 1.88. The summed E-state index contributed by atoms with van der Waals surface area (Å²) < 4.78 is 10.7. The summed E-state index contributed by atoms with van der Waals surface area (Å²) in [5, 5.41) is 5.62. The van der Waals surface area contributed by atoms with Gasteiger partial charge in [0.05, 0.1) is 6.54 Å². The first-order valence-corrected chi connectivity index (χ1v) is 10.4. The van der Waals surface area contributed by atoms with Gasteiger partial charge in [0.25, 0.3) is 11.8 Å². The molecule has 2 aliphatic rings. The molecule has 2 aliphatic heterocycles. The third kappa shape index (κ3) is 3.76. The summed E-state index contributed by atoms with van der Waals surface area (Å²) in [6.07, 6.45) is 0. The predicted molar refractivity (Wildman–Crippen MR) is 120 cm³/mol. The van der Waals surface area contributed by atoms with Crippen LogP contribution in [0.3, 0.4) is 0 Å². The number of carbonyl (C=O) groups excluding carboxylic acids is 3. The summed E-state index contributed by atoms with van der Waals surface area (Å²) in [7, 11) is 0. The standard InChI is InChI=1S/C25H21N3O5/c1-25(18-11-12-20-21(13-18)33-15-32-20)23(30)28(24(31)27-25)14-16-7-9-17(10-8-16)22(29)26-19-5-3-2-4-6-19/h2-13H,14-15H2,1H3,(H,26,29)(H,27,31)/t25-/m1/s1. The monoisotopic (exact) mass is 443 g/mol. The number of para-hydroxylation sites is 1. The minimum atomic E-state index is -1.21. The van der Waals surface area contributed by atoms with Crippen molar-refractivity contribution in [1.82, 2.24) is 10.2 Å². The van der Waals surface area contributed by atoms with Gasteiger partial charge >= 0.3 is 6.03 Å². The van der Waals surface area contributed by atoms with Crippen LogP contribution in [0.4, 0.5) is 10.5 Å². The van der Waals surface area contributed by atoms with E-state index in [1.54, 1.807) is 61.5 Å². The second-order valence-corrected chi connectivity index (χ2v) is 8.03. The molecule has 0 spiro atoms. The molecule has 0 saturated carbocycles. The van der Waals surface area contributed by atoms with Crippen molar-refractivity contribution in [2.24, 2.45) is 0 Å². The molecule has 3 aromatic carbocycles. The van der Waals surface area contributed by atoms with Gasteiger partial charge in [0.1, 0.15) is 5.54 Å². The van der Waals surface area contributed by atoms with Crippen LogP contribution in [0.2, 0.25) is 0 Å². The van der Waals surface area contributed by atoms with Gasteiger partial charge in [-0.05, 0) is 54.4 Å². The molecule has 3 aromatic rings. The van der Waals surface area contributed by atoms with Gasteiger partial charge in [0.15, 0.2) is 11.5 Å². The molecule has 2 heterocycles. The van der Waals surface area contributed by atoms with Gasteiger partial charge in [-0.1, -0.05) is 36.4 Å². The lowest BCUT2D eigenvalue weighted by Gasteiger charge is -2.22. The SMILES string of the molecule is C[C@]1(c2ccc3c(c2)OCO3)NC(=O)N(Cc2ccc(C(=O)Nc3ccccc3)cc2)C1=O. The van der Waals surface area contributed by atoms with E-state index >= 15 is 0 Å². The normalized spacial score (nSPS) is 18.9. The van der Waals surface area contributed by atoms with Crippen LogP contribution in [0, 0.1) is 0 Å². The van der Waals surface area contributed by atoms with Gasteiger partial charge in [-0.15, -0.1) is 0 Å². The van der Waals surface area contributed by atoms with Gasteiger partial charge in [-0.25, -0.2) is 4.79 Å². The number of hydrogen-bond acceptors (Lipinski definition) is 5.